The third-order valence-electron chi connectivity index (χ3n) is 4.43. The van der Waals surface area contributed by atoms with Gasteiger partial charge in [-0.2, -0.15) is 0 Å². The molecular weight excluding hydrogens is 348 g/mol. The van der Waals surface area contributed by atoms with Crippen molar-refractivity contribution in [3.8, 4) is 0 Å². The van der Waals surface area contributed by atoms with Gasteiger partial charge in [-0.05, 0) is 43.0 Å². The molecule has 2 aromatic rings. The second kappa shape index (κ2) is 8.93. The highest BCUT2D eigenvalue weighted by atomic mass is 16.6. The molecule has 1 N–H and O–H groups in total. The number of carbonyl (C=O) groups is 2. The first kappa shape index (κ1) is 20.1. The van der Waals surface area contributed by atoms with Crippen LogP contribution in [0.2, 0.25) is 0 Å². The largest absolute Gasteiger partial charge is 0.452 e. The number of nitrogens with one attached hydrogen (secondary N) is 1. The number of esters is 1. The average Bonchev–Trinajstić information content (AvgIpc) is 2.66. The van der Waals surface area contributed by atoms with Crippen LogP contribution in [0.5, 0.6) is 0 Å². The van der Waals surface area contributed by atoms with Crippen molar-refractivity contribution >= 4 is 23.3 Å². The molecule has 0 radical (unpaired) electrons. The Morgan fingerprint density at radius 3 is 2.44 bits per heavy atom. The van der Waals surface area contributed by atoms with Crippen LogP contribution in [0.15, 0.2) is 42.5 Å². The van der Waals surface area contributed by atoms with E-state index in [0.29, 0.717) is 11.6 Å². The molecule has 7 nitrogen and oxygen atoms in total. The maximum atomic E-state index is 12.1. The zero-order chi connectivity index (χ0) is 20.0. The van der Waals surface area contributed by atoms with Crippen LogP contribution in [0, 0.1) is 17.0 Å². The average molecular weight is 370 g/mol. The second-order valence-corrected chi connectivity index (χ2v) is 6.26. The Hall–Kier alpha value is -3.22. The fraction of sp³-hybridized carbons (Fsp3) is 0.300. The van der Waals surface area contributed by atoms with Crippen LogP contribution in [0.1, 0.15) is 47.7 Å². The van der Waals surface area contributed by atoms with Crippen molar-refractivity contribution in [2.45, 2.75) is 33.1 Å². The fourth-order valence-electron chi connectivity index (χ4n) is 2.58. The molecule has 27 heavy (non-hydrogen) atoms. The predicted octanol–water partition coefficient (Wildman–Crippen LogP) is 4.21. The molecule has 142 valence electrons. The first-order valence-electron chi connectivity index (χ1n) is 8.64. The summed E-state index contributed by atoms with van der Waals surface area (Å²) in [5.41, 5.74) is 1.89. The van der Waals surface area contributed by atoms with E-state index in [4.69, 9.17) is 4.74 Å². The molecule has 0 spiro atoms. The van der Waals surface area contributed by atoms with Crippen molar-refractivity contribution in [1.29, 1.82) is 0 Å². The van der Waals surface area contributed by atoms with Crippen LogP contribution < -0.4 is 5.32 Å². The van der Waals surface area contributed by atoms with Crippen molar-refractivity contribution in [2.75, 3.05) is 11.9 Å². The van der Waals surface area contributed by atoms with Crippen molar-refractivity contribution < 1.29 is 19.2 Å². The van der Waals surface area contributed by atoms with E-state index in [1.807, 2.05) is 12.1 Å². The molecule has 2 aromatic carbocycles. The number of carbonyl (C=O) groups excluding carboxylic acids is 2. The first-order valence-corrected chi connectivity index (χ1v) is 8.64. The fourth-order valence-corrected chi connectivity index (χ4v) is 2.58. The molecule has 0 saturated carbocycles. The minimum atomic E-state index is -0.779. The SMILES string of the molecule is CC[C@@H](C)c1ccc(NC(=O)COC(=O)c2cccc([N+](=O)[O-])c2C)cc1. The molecule has 1 atom stereocenters. The minimum absolute atomic E-state index is 0.0647. The number of nitro groups is 1. The van der Waals surface area contributed by atoms with Gasteiger partial charge in [0.15, 0.2) is 6.61 Å². The molecule has 0 fully saturated rings. The van der Waals surface area contributed by atoms with E-state index < -0.39 is 23.4 Å². The number of hydrogen-bond acceptors (Lipinski definition) is 5. The van der Waals surface area contributed by atoms with Gasteiger partial charge in [0.25, 0.3) is 11.6 Å². The highest BCUT2D eigenvalue weighted by molar-refractivity contribution is 5.96. The van der Waals surface area contributed by atoms with Gasteiger partial charge in [-0.3, -0.25) is 14.9 Å². The second-order valence-electron chi connectivity index (χ2n) is 6.26. The predicted molar refractivity (Wildman–Crippen MR) is 102 cm³/mol. The Labute approximate surface area is 157 Å². The van der Waals surface area contributed by atoms with Gasteiger partial charge in [0, 0.05) is 17.3 Å². The number of anilines is 1. The molecule has 2 rings (SSSR count). The lowest BCUT2D eigenvalue weighted by molar-refractivity contribution is -0.385. The quantitative estimate of drug-likeness (QED) is 0.447. The third kappa shape index (κ3) is 5.13. The summed E-state index contributed by atoms with van der Waals surface area (Å²) >= 11 is 0. The zero-order valence-corrected chi connectivity index (χ0v) is 15.5. The van der Waals surface area contributed by atoms with Crippen LogP contribution >= 0.6 is 0 Å². The first-order chi connectivity index (χ1) is 12.8. The molecule has 0 saturated heterocycles. The monoisotopic (exact) mass is 370 g/mol. The van der Waals surface area contributed by atoms with Gasteiger partial charge in [-0.25, -0.2) is 4.79 Å². The summed E-state index contributed by atoms with van der Waals surface area (Å²) in [6.07, 6.45) is 1.03. The molecule has 0 heterocycles. The van der Waals surface area contributed by atoms with Crippen molar-refractivity contribution in [1.82, 2.24) is 0 Å². The lowest BCUT2D eigenvalue weighted by Gasteiger charge is -2.11. The number of benzene rings is 2. The van der Waals surface area contributed by atoms with Gasteiger partial charge in [0.05, 0.1) is 10.5 Å². The maximum absolute atomic E-state index is 12.1. The van der Waals surface area contributed by atoms with E-state index in [9.17, 15) is 19.7 Å². The summed E-state index contributed by atoms with van der Waals surface area (Å²) in [7, 11) is 0. The lowest BCUT2D eigenvalue weighted by Crippen LogP contribution is -2.21. The van der Waals surface area contributed by atoms with Gasteiger partial charge in [0.1, 0.15) is 0 Å². The standard InChI is InChI=1S/C20H22N2O5/c1-4-13(2)15-8-10-16(11-9-15)21-19(23)12-27-20(24)17-6-5-7-18(14(17)3)22(25)26/h5-11,13H,4,12H2,1-3H3,(H,21,23)/t13-/m1/s1. The van der Waals surface area contributed by atoms with E-state index in [0.717, 1.165) is 6.42 Å². The summed E-state index contributed by atoms with van der Waals surface area (Å²) in [5, 5.41) is 13.6. The Bertz CT molecular complexity index is 846. The molecule has 7 heteroatoms. The number of nitro benzene ring substituents is 1. The molecule has 0 aromatic heterocycles. The molecular formula is C20H22N2O5. The molecule has 0 aliphatic rings. The van der Waals surface area contributed by atoms with Gasteiger partial charge in [-0.1, -0.05) is 32.0 Å². The number of rotatable bonds is 7. The maximum Gasteiger partial charge on any atom is 0.339 e. The minimum Gasteiger partial charge on any atom is -0.452 e. The van der Waals surface area contributed by atoms with Crippen LogP contribution in [0.4, 0.5) is 11.4 Å². The molecule has 0 aliphatic heterocycles. The lowest BCUT2D eigenvalue weighted by atomic mass is 9.99. The van der Waals surface area contributed by atoms with Gasteiger partial charge < -0.3 is 10.1 Å². The Balaban J connectivity index is 1.95. The Kier molecular flexibility index (Phi) is 6.65. The van der Waals surface area contributed by atoms with Crippen LogP contribution in [-0.4, -0.2) is 23.4 Å². The van der Waals surface area contributed by atoms with Gasteiger partial charge >= 0.3 is 5.97 Å². The summed E-state index contributed by atoms with van der Waals surface area (Å²) < 4.78 is 4.98. The summed E-state index contributed by atoms with van der Waals surface area (Å²) in [4.78, 5) is 34.5. The number of hydrogen-bond donors (Lipinski definition) is 1. The van der Waals surface area contributed by atoms with Crippen molar-refractivity contribution in [2.24, 2.45) is 0 Å². The molecule has 0 aliphatic carbocycles. The molecule has 0 bridgehead atoms. The molecule has 0 unspecified atom stereocenters. The topological polar surface area (TPSA) is 98.5 Å². The van der Waals surface area contributed by atoms with Crippen molar-refractivity contribution in [3.63, 3.8) is 0 Å². The van der Waals surface area contributed by atoms with E-state index in [2.05, 4.69) is 19.2 Å². The molecule has 1 amide bonds. The van der Waals surface area contributed by atoms with Crippen LogP contribution in [0.3, 0.4) is 0 Å². The number of ether oxygens (including phenoxy) is 1. The number of amides is 1. The van der Waals surface area contributed by atoms with Crippen LogP contribution in [0.25, 0.3) is 0 Å². The van der Waals surface area contributed by atoms with Gasteiger partial charge in [0.2, 0.25) is 0 Å². The van der Waals surface area contributed by atoms with E-state index >= 15 is 0 Å². The Morgan fingerprint density at radius 1 is 1.19 bits per heavy atom. The normalized spacial score (nSPS) is 11.5. The Morgan fingerprint density at radius 2 is 1.85 bits per heavy atom. The van der Waals surface area contributed by atoms with E-state index in [-0.39, 0.29) is 16.8 Å². The van der Waals surface area contributed by atoms with E-state index in [1.54, 1.807) is 12.1 Å². The third-order valence-corrected chi connectivity index (χ3v) is 4.43. The van der Waals surface area contributed by atoms with E-state index in [1.165, 1.54) is 30.7 Å². The number of nitrogens with zero attached hydrogens (tertiary/aromatic N) is 1. The summed E-state index contributed by atoms with van der Waals surface area (Å²) in [6, 6.07) is 11.6. The van der Waals surface area contributed by atoms with Crippen molar-refractivity contribution in [3.05, 3.63) is 69.3 Å². The van der Waals surface area contributed by atoms with Crippen LogP contribution in [-0.2, 0) is 9.53 Å². The summed E-state index contributed by atoms with van der Waals surface area (Å²) in [6.45, 7) is 5.22. The zero-order valence-electron chi connectivity index (χ0n) is 15.5. The van der Waals surface area contributed by atoms with Gasteiger partial charge in [-0.15, -0.1) is 0 Å². The highest BCUT2D eigenvalue weighted by Crippen LogP contribution is 2.22. The smallest absolute Gasteiger partial charge is 0.339 e. The summed E-state index contributed by atoms with van der Waals surface area (Å²) in [5.74, 6) is -0.824. The highest BCUT2D eigenvalue weighted by Gasteiger charge is 2.19.